The van der Waals surface area contributed by atoms with Crippen molar-refractivity contribution in [2.75, 3.05) is 12.4 Å². The molecule has 0 atom stereocenters. The third-order valence-corrected chi connectivity index (χ3v) is 3.17. The minimum Gasteiger partial charge on any atom is -0.465 e. The summed E-state index contributed by atoms with van der Waals surface area (Å²) in [4.78, 5) is 12.0. The van der Waals surface area contributed by atoms with Gasteiger partial charge >= 0.3 is 5.97 Å². The highest BCUT2D eigenvalue weighted by molar-refractivity contribution is 8.00. The predicted octanol–water partition coefficient (Wildman–Crippen LogP) is 2.49. The van der Waals surface area contributed by atoms with Gasteiger partial charge in [-0.1, -0.05) is 11.6 Å². The first kappa shape index (κ1) is 13.4. The van der Waals surface area contributed by atoms with E-state index in [0.717, 1.165) is 10.5 Å². The Morgan fingerprint density at radius 1 is 1.56 bits per heavy atom. The maximum atomic E-state index is 11.2. The van der Waals surface area contributed by atoms with Gasteiger partial charge in [0.25, 0.3) is 0 Å². The Bertz CT molecular complexity index is 368. The largest absolute Gasteiger partial charge is 0.465 e. The number of benzene rings is 1. The van der Waals surface area contributed by atoms with Crippen LogP contribution in [0.2, 0.25) is 5.02 Å². The number of ether oxygens (including phenoxy) is 1. The van der Waals surface area contributed by atoms with Crippen molar-refractivity contribution in [3.05, 3.63) is 28.8 Å². The molecular weight excluding hydrogens is 248 g/mol. The van der Waals surface area contributed by atoms with E-state index in [9.17, 15) is 4.79 Å². The molecule has 0 bridgehead atoms. The average Bonchev–Trinajstić information content (AvgIpc) is 2.27. The van der Waals surface area contributed by atoms with Crippen LogP contribution in [-0.4, -0.2) is 23.4 Å². The first-order valence-corrected chi connectivity index (χ1v) is 6.21. The third-order valence-electron chi connectivity index (χ3n) is 1.84. The fraction of sp³-hybridized carbons (Fsp3) is 0.364. The van der Waals surface area contributed by atoms with E-state index in [1.807, 2.05) is 0 Å². The third kappa shape index (κ3) is 4.04. The molecular formula is C11H13ClO3S. The Kier molecular flexibility index (Phi) is 5.66. The number of hydrogen-bond acceptors (Lipinski definition) is 4. The number of carbonyl (C=O) groups is 1. The second kappa shape index (κ2) is 6.78. The minimum absolute atomic E-state index is 0.0915. The molecule has 0 amide bonds. The lowest BCUT2D eigenvalue weighted by Gasteiger charge is -2.07. The van der Waals surface area contributed by atoms with Crippen LogP contribution in [0.1, 0.15) is 12.5 Å². The predicted molar refractivity (Wildman–Crippen MR) is 64.7 cm³/mol. The molecule has 0 fully saturated rings. The number of aliphatic hydroxyl groups is 1. The summed E-state index contributed by atoms with van der Waals surface area (Å²) in [5.74, 6) is -0.0195. The van der Waals surface area contributed by atoms with E-state index in [1.54, 1.807) is 25.1 Å². The Balaban J connectivity index is 2.63. The SMILES string of the molecule is CCOC(=O)CSc1ccc(Cl)cc1CO. The summed E-state index contributed by atoms with van der Waals surface area (Å²) in [6.07, 6.45) is 0. The number of halogens is 1. The highest BCUT2D eigenvalue weighted by atomic mass is 35.5. The summed E-state index contributed by atoms with van der Waals surface area (Å²) in [7, 11) is 0. The van der Waals surface area contributed by atoms with Crippen molar-refractivity contribution in [3.8, 4) is 0 Å². The first-order valence-electron chi connectivity index (χ1n) is 4.85. The quantitative estimate of drug-likeness (QED) is 0.653. The van der Waals surface area contributed by atoms with Crippen LogP contribution in [0.5, 0.6) is 0 Å². The van der Waals surface area contributed by atoms with E-state index in [-0.39, 0.29) is 18.3 Å². The van der Waals surface area contributed by atoms with E-state index < -0.39 is 0 Å². The number of rotatable bonds is 5. The molecule has 0 aliphatic carbocycles. The van der Waals surface area contributed by atoms with Gasteiger partial charge in [0.15, 0.2) is 0 Å². The van der Waals surface area contributed by atoms with Crippen molar-refractivity contribution in [1.82, 2.24) is 0 Å². The molecule has 0 radical (unpaired) electrons. The van der Waals surface area contributed by atoms with Gasteiger partial charge in [-0.15, -0.1) is 11.8 Å². The average molecular weight is 261 g/mol. The van der Waals surface area contributed by atoms with Crippen molar-refractivity contribution in [2.24, 2.45) is 0 Å². The van der Waals surface area contributed by atoms with Crippen molar-refractivity contribution in [3.63, 3.8) is 0 Å². The standard InChI is InChI=1S/C11H13ClO3S/c1-2-15-11(14)7-16-10-4-3-9(12)5-8(10)6-13/h3-5,13H,2,6-7H2,1H3. The molecule has 0 unspecified atom stereocenters. The molecule has 16 heavy (non-hydrogen) atoms. The molecule has 88 valence electrons. The molecule has 0 saturated carbocycles. The van der Waals surface area contributed by atoms with Crippen LogP contribution < -0.4 is 0 Å². The van der Waals surface area contributed by atoms with Gasteiger partial charge in [0.05, 0.1) is 19.0 Å². The monoisotopic (exact) mass is 260 g/mol. The van der Waals surface area contributed by atoms with Crippen molar-refractivity contribution in [2.45, 2.75) is 18.4 Å². The van der Waals surface area contributed by atoms with Gasteiger partial charge in [0.2, 0.25) is 0 Å². The zero-order valence-corrected chi connectivity index (χ0v) is 10.5. The zero-order valence-electron chi connectivity index (χ0n) is 8.90. The van der Waals surface area contributed by atoms with Crippen LogP contribution in [0.3, 0.4) is 0 Å². The van der Waals surface area contributed by atoms with Crippen LogP contribution in [-0.2, 0) is 16.1 Å². The lowest BCUT2D eigenvalue weighted by Crippen LogP contribution is -2.06. The molecule has 1 N–H and O–H groups in total. The molecule has 3 nitrogen and oxygen atoms in total. The Hall–Kier alpha value is -0.710. The summed E-state index contributed by atoms with van der Waals surface area (Å²) in [5, 5.41) is 9.70. The fourth-order valence-corrected chi connectivity index (χ4v) is 2.18. The molecule has 0 heterocycles. The molecule has 5 heteroatoms. The number of carbonyl (C=O) groups excluding carboxylic acids is 1. The summed E-state index contributed by atoms with van der Waals surface area (Å²) >= 11 is 7.13. The zero-order chi connectivity index (χ0) is 12.0. The molecule has 0 aliphatic rings. The lowest BCUT2D eigenvalue weighted by atomic mass is 10.2. The number of thioether (sulfide) groups is 1. The van der Waals surface area contributed by atoms with Gasteiger partial charge < -0.3 is 9.84 Å². The maximum absolute atomic E-state index is 11.2. The van der Waals surface area contributed by atoms with Crippen molar-refractivity contribution < 1.29 is 14.6 Å². The number of aliphatic hydroxyl groups excluding tert-OH is 1. The van der Waals surface area contributed by atoms with Crippen LogP contribution in [0, 0.1) is 0 Å². The van der Waals surface area contributed by atoms with Crippen LogP contribution in [0.4, 0.5) is 0 Å². The van der Waals surface area contributed by atoms with Crippen LogP contribution in [0.15, 0.2) is 23.1 Å². The number of esters is 1. The highest BCUT2D eigenvalue weighted by Crippen LogP contribution is 2.25. The summed E-state index contributed by atoms with van der Waals surface area (Å²) in [6.45, 7) is 2.06. The Morgan fingerprint density at radius 3 is 2.94 bits per heavy atom. The van der Waals surface area contributed by atoms with Gasteiger partial charge in [0.1, 0.15) is 0 Å². The normalized spacial score (nSPS) is 10.2. The van der Waals surface area contributed by atoms with Gasteiger partial charge in [-0.3, -0.25) is 4.79 Å². The van der Waals surface area contributed by atoms with Crippen molar-refractivity contribution in [1.29, 1.82) is 0 Å². The molecule has 0 saturated heterocycles. The molecule has 0 spiro atoms. The van der Waals surface area contributed by atoms with E-state index in [2.05, 4.69) is 0 Å². The van der Waals surface area contributed by atoms with Crippen LogP contribution in [0.25, 0.3) is 0 Å². The van der Waals surface area contributed by atoms with E-state index >= 15 is 0 Å². The fourth-order valence-electron chi connectivity index (χ4n) is 1.15. The first-order chi connectivity index (χ1) is 7.67. The van der Waals surface area contributed by atoms with Gasteiger partial charge in [-0.25, -0.2) is 0 Å². The maximum Gasteiger partial charge on any atom is 0.316 e. The van der Waals surface area contributed by atoms with Crippen LogP contribution >= 0.6 is 23.4 Å². The van der Waals surface area contributed by atoms with Gasteiger partial charge in [-0.05, 0) is 30.7 Å². The summed E-state index contributed by atoms with van der Waals surface area (Å²) in [5.41, 5.74) is 0.724. The topological polar surface area (TPSA) is 46.5 Å². The smallest absolute Gasteiger partial charge is 0.316 e. The van der Waals surface area contributed by atoms with Gasteiger partial charge in [0, 0.05) is 9.92 Å². The second-order valence-corrected chi connectivity index (χ2v) is 4.46. The molecule has 0 aliphatic heterocycles. The van der Waals surface area contributed by atoms with Gasteiger partial charge in [-0.2, -0.15) is 0 Å². The van der Waals surface area contributed by atoms with E-state index in [1.165, 1.54) is 11.8 Å². The summed E-state index contributed by atoms with van der Waals surface area (Å²) < 4.78 is 4.81. The molecule has 1 aromatic rings. The Labute approximate surface area is 104 Å². The van der Waals surface area contributed by atoms with E-state index in [4.69, 9.17) is 21.4 Å². The van der Waals surface area contributed by atoms with E-state index in [0.29, 0.717) is 11.6 Å². The second-order valence-electron chi connectivity index (χ2n) is 3.00. The highest BCUT2D eigenvalue weighted by Gasteiger charge is 2.07. The van der Waals surface area contributed by atoms with Crippen molar-refractivity contribution >= 4 is 29.3 Å². The molecule has 0 aromatic heterocycles. The molecule has 1 rings (SSSR count). The number of hydrogen-bond donors (Lipinski definition) is 1. The Morgan fingerprint density at radius 2 is 2.31 bits per heavy atom. The summed E-state index contributed by atoms with van der Waals surface area (Å²) in [6, 6.07) is 5.21. The lowest BCUT2D eigenvalue weighted by molar-refractivity contribution is -0.139. The molecule has 1 aromatic carbocycles. The minimum atomic E-state index is -0.258.